The molecular weight excluding hydrogens is 438 g/mol. The van der Waals surface area contributed by atoms with E-state index in [1.165, 1.54) is 10.2 Å². The van der Waals surface area contributed by atoms with Crippen molar-refractivity contribution >= 4 is 33.2 Å². The summed E-state index contributed by atoms with van der Waals surface area (Å²) in [5.74, 6) is 0.566. The molecule has 4 rings (SSSR count). The summed E-state index contributed by atoms with van der Waals surface area (Å²) < 4.78 is 31.2. The van der Waals surface area contributed by atoms with Gasteiger partial charge in [-0.1, -0.05) is 43.6 Å². The van der Waals surface area contributed by atoms with E-state index < -0.39 is 15.7 Å². The number of hydrogen-bond donors (Lipinski definition) is 1. The molecule has 31 heavy (non-hydrogen) atoms. The summed E-state index contributed by atoms with van der Waals surface area (Å²) in [7, 11) is -3.28. The first-order valence-electron chi connectivity index (χ1n) is 9.81. The summed E-state index contributed by atoms with van der Waals surface area (Å²) in [5.41, 5.74) is 2.73. The van der Waals surface area contributed by atoms with E-state index in [0.29, 0.717) is 39.5 Å². The lowest BCUT2D eigenvalue weighted by Gasteiger charge is -2.12. The van der Waals surface area contributed by atoms with Gasteiger partial charge in [0.1, 0.15) is 11.6 Å². The Balaban J connectivity index is 1.55. The number of amides is 1. The van der Waals surface area contributed by atoms with Crippen LogP contribution in [0, 0.1) is 0 Å². The Morgan fingerprint density at radius 2 is 1.94 bits per heavy atom. The molecule has 0 atom stereocenters. The van der Waals surface area contributed by atoms with Gasteiger partial charge in [0.25, 0.3) is 5.91 Å². The molecule has 7 nitrogen and oxygen atoms in total. The highest BCUT2D eigenvalue weighted by atomic mass is 35.5. The third-order valence-corrected chi connectivity index (χ3v) is 6.69. The summed E-state index contributed by atoms with van der Waals surface area (Å²) in [6.45, 7) is 3.99. The number of nitrogens with zero attached hydrogens (tertiary/aromatic N) is 2. The highest BCUT2D eigenvalue weighted by Gasteiger charge is 2.33. The second-order valence-electron chi connectivity index (χ2n) is 7.76. The van der Waals surface area contributed by atoms with Crippen molar-refractivity contribution in [3.63, 3.8) is 0 Å². The molecule has 0 radical (unpaired) electrons. The molecule has 1 aliphatic rings. The summed E-state index contributed by atoms with van der Waals surface area (Å²) in [4.78, 5) is 12.6. The van der Waals surface area contributed by atoms with E-state index in [1.54, 1.807) is 24.3 Å². The number of fused-ring (bicyclic) bond motifs is 1. The lowest BCUT2D eigenvalue weighted by molar-refractivity contribution is -0.118. The minimum absolute atomic E-state index is 0.155. The number of aromatic nitrogens is 2. The Hall–Kier alpha value is -2.84. The first-order chi connectivity index (χ1) is 14.7. The van der Waals surface area contributed by atoms with Crippen molar-refractivity contribution in [2.45, 2.75) is 31.3 Å². The average molecular weight is 460 g/mol. The number of sulfone groups is 1. The quantitative estimate of drug-likeness (QED) is 0.599. The summed E-state index contributed by atoms with van der Waals surface area (Å²) in [6.07, 6.45) is 0. The molecule has 0 aliphatic carbocycles. The zero-order valence-electron chi connectivity index (χ0n) is 17.1. The Labute approximate surface area is 185 Å². The number of anilines is 1. The van der Waals surface area contributed by atoms with E-state index in [9.17, 15) is 13.2 Å². The smallest absolute Gasteiger partial charge is 0.263 e. The van der Waals surface area contributed by atoms with Crippen LogP contribution in [0.5, 0.6) is 5.75 Å². The van der Waals surface area contributed by atoms with Crippen molar-refractivity contribution in [3.8, 4) is 11.4 Å². The van der Waals surface area contributed by atoms with E-state index >= 15 is 0 Å². The Bertz CT molecular complexity index is 1230. The Morgan fingerprint density at radius 1 is 1.19 bits per heavy atom. The van der Waals surface area contributed by atoms with E-state index in [0.717, 1.165) is 0 Å². The van der Waals surface area contributed by atoms with Crippen LogP contribution in [-0.2, 0) is 26.1 Å². The third-order valence-electron chi connectivity index (χ3n) is 5.01. The van der Waals surface area contributed by atoms with Crippen LogP contribution in [0.25, 0.3) is 5.69 Å². The van der Waals surface area contributed by atoms with Gasteiger partial charge >= 0.3 is 0 Å². The van der Waals surface area contributed by atoms with Crippen LogP contribution in [0.4, 0.5) is 5.82 Å². The van der Waals surface area contributed by atoms with Crippen LogP contribution in [0.2, 0.25) is 5.02 Å². The van der Waals surface area contributed by atoms with Crippen LogP contribution >= 0.6 is 11.6 Å². The largest absolute Gasteiger partial charge is 0.484 e. The fourth-order valence-corrected chi connectivity index (χ4v) is 5.11. The molecule has 9 heteroatoms. The molecule has 0 fully saturated rings. The molecule has 2 heterocycles. The number of halogens is 1. The second kappa shape index (κ2) is 8.36. The minimum Gasteiger partial charge on any atom is -0.484 e. The highest BCUT2D eigenvalue weighted by Crippen LogP contribution is 2.33. The van der Waals surface area contributed by atoms with Gasteiger partial charge in [-0.15, -0.1) is 0 Å². The van der Waals surface area contributed by atoms with Crippen LogP contribution in [-0.4, -0.2) is 30.7 Å². The first kappa shape index (κ1) is 21.4. The van der Waals surface area contributed by atoms with E-state index in [-0.39, 0.29) is 18.1 Å². The fraction of sp³-hybridized carbons (Fsp3) is 0.273. The van der Waals surface area contributed by atoms with Gasteiger partial charge in [-0.3, -0.25) is 4.79 Å². The van der Waals surface area contributed by atoms with Gasteiger partial charge in [0.15, 0.2) is 16.4 Å². The van der Waals surface area contributed by atoms with Gasteiger partial charge in [-0.25, -0.2) is 13.1 Å². The number of benzene rings is 2. The lowest BCUT2D eigenvalue weighted by atomic mass is 10.0. The van der Waals surface area contributed by atoms with Gasteiger partial charge in [0, 0.05) is 10.6 Å². The minimum atomic E-state index is -3.28. The van der Waals surface area contributed by atoms with Crippen molar-refractivity contribution in [1.82, 2.24) is 9.78 Å². The maximum Gasteiger partial charge on any atom is 0.263 e. The predicted molar refractivity (Wildman–Crippen MR) is 120 cm³/mol. The SMILES string of the molecule is CC(C)c1ccc(OCC(=O)Nc2c3c(nn2-c2cccc(Cl)c2)CS(=O)(=O)C3)cc1. The van der Waals surface area contributed by atoms with Crippen molar-refractivity contribution in [3.05, 3.63) is 70.4 Å². The molecule has 1 aromatic heterocycles. The zero-order valence-corrected chi connectivity index (χ0v) is 18.7. The summed E-state index contributed by atoms with van der Waals surface area (Å²) in [6, 6.07) is 14.5. The lowest BCUT2D eigenvalue weighted by Crippen LogP contribution is -2.22. The molecule has 0 unspecified atom stereocenters. The standard InChI is InChI=1S/C22H22ClN3O4S/c1-14(2)15-6-8-18(9-7-15)30-11-21(27)24-22-19-12-31(28,29)13-20(19)25-26(22)17-5-3-4-16(23)10-17/h3-10,14H,11-13H2,1-2H3,(H,24,27). The normalized spacial score (nSPS) is 14.5. The van der Waals surface area contributed by atoms with Gasteiger partial charge in [0.2, 0.25) is 0 Å². The highest BCUT2D eigenvalue weighted by molar-refractivity contribution is 7.90. The maximum atomic E-state index is 12.6. The van der Waals surface area contributed by atoms with Crippen molar-refractivity contribution in [1.29, 1.82) is 0 Å². The monoisotopic (exact) mass is 459 g/mol. The van der Waals surface area contributed by atoms with Crippen LogP contribution in [0.15, 0.2) is 48.5 Å². The molecule has 1 amide bonds. The first-order valence-corrected chi connectivity index (χ1v) is 12.0. The predicted octanol–water partition coefficient (Wildman–Crippen LogP) is 4.10. The molecular formula is C22H22ClN3O4S. The average Bonchev–Trinajstić information content (AvgIpc) is 3.19. The zero-order chi connectivity index (χ0) is 22.2. The van der Waals surface area contributed by atoms with Gasteiger partial charge in [-0.2, -0.15) is 5.10 Å². The number of hydrogen-bond acceptors (Lipinski definition) is 5. The van der Waals surface area contributed by atoms with Crippen LogP contribution < -0.4 is 10.1 Å². The van der Waals surface area contributed by atoms with Gasteiger partial charge in [-0.05, 0) is 41.8 Å². The number of rotatable bonds is 6. The number of carbonyl (C=O) groups excluding carboxylic acids is 1. The van der Waals surface area contributed by atoms with Crippen molar-refractivity contribution in [2.24, 2.45) is 0 Å². The molecule has 3 aromatic rings. The van der Waals surface area contributed by atoms with Gasteiger partial charge < -0.3 is 10.1 Å². The molecule has 1 aliphatic heterocycles. The topological polar surface area (TPSA) is 90.3 Å². The molecule has 2 aromatic carbocycles. The van der Waals surface area contributed by atoms with Crippen LogP contribution in [0.1, 0.15) is 36.6 Å². The number of carbonyl (C=O) groups is 1. The van der Waals surface area contributed by atoms with E-state index in [4.69, 9.17) is 16.3 Å². The van der Waals surface area contributed by atoms with Crippen LogP contribution in [0.3, 0.4) is 0 Å². The summed E-state index contributed by atoms with van der Waals surface area (Å²) in [5, 5.41) is 7.70. The summed E-state index contributed by atoms with van der Waals surface area (Å²) >= 11 is 6.10. The molecule has 0 saturated carbocycles. The molecule has 0 spiro atoms. The fourth-order valence-electron chi connectivity index (χ4n) is 3.43. The van der Waals surface area contributed by atoms with E-state index in [1.807, 2.05) is 24.3 Å². The van der Waals surface area contributed by atoms with Crippen molar-refractivity contribution in [2.75, 3.05) is 11.9 Å². The number of nitrogens with one attached hydrogen (secondary N) is 1. The second-order valence-corrected chi connectivity index (χ2v) is 10.3. The Morgan fingerprint density at radius 3 is 2.61 bits per heavy atom. The maximum absolute atomic E-state index is 12.6. The van der Waals surface area contributed by atoms with Gasteiger partial charge in [0.05, 0.1) is 22.9 Å². The van der Waals surface area contributed by atoms with Crippen molar-refractivity contribution < 1.29 is 17.9 Å². The molecule has 0 bridgehead atoms. The third kappa shape index (κ3) is 4.75. The molecule has 0 saturated heterocycles. The molecule has 162 valence electrons. The van der Waals surface area contributed by atoms with E-state index in [2.05, 4.69) is 24.3 Å². The number of ether oxygens (including phenoxy) is 1. The Kier molecular flexibility index (Phi) is 5.77. The molecule has 1 N–H and O–H groups in total.